The minimum atomic E-state index is -0.0651. The molecule has 0 aliphatic carbocycles. The van der Waals surface area contributed by atoms with Crippen molar-refractivity contribution in [1.29, 1.82) is 0 Å². The van der Waals surface area contributed by atoms with Crippen LogP contribution >= 0.6 is 0 Å². The van der Waals surface area contributed by atoms with Crippen LogP contribution in [0.1, 0.15) is 27.7 Å². The Labute approximate surface area is 109 Å². The summed E-state index contributed by atoms with van der Waals surface area (Å²) in [6, 6.07) is 5.72. The van der Waals surface area contributed by atoms with Crippen molar-refractivity contribution in [3.8, 4) is 5.75 Å². The number of carbonyl (C=O) groups is 1. The number of anilines is 2. The van der Waals surface area contributed by atoms with E-state index in [0.717, 1.165) is 30.2 Å². The van der Waals surface area contributed by atoms with Gasteiger partial charge in [0.25, 0.3) is 0 Å². The maximum Gasteiger partial charge on any atom is 0.221 e. The second-order valence-corrected chi connectivity index (χ2v) is 3.97. The predicted molar refractivity (Wildman–Crippen MR) is 75.5 cm³/mol. The number of rotatable bonds is 6. The van der Waals surface area contributed by atoms with Gasteiger partial charge in [-0.2, -0.15) is 0 Å². The molecule has 0 saturated carbocycles. The summed E-state index contributed by atoms with van der Waals surface area (Å²) in [6.07, 6.45) is 0. The number of ether oxygens (including phenoxy) is 1. The molecule has 1 aromatic carbocycles. The summed E-state index contributed by atoms with van der Waals surface area (Å²) < 4.78 is 5.63. The third-order valence-corrected chi connectivity index (χ3v) is 2.68. The van der Waals surface area contributed by atoms with Gasteiger partial charge in [0.15, 0.2) is 0 Å². The van der Waals surface area contributed by atoms with E-state index in [0.29, 0.717) is 6.61 Å². The van der Waals surface area contributed by atoms with E-state index in [1.807, 2.05) is 25.1 Å². The van der Waals surface area contributed by atoms with E-state index in [9.17, 15) is 4.79 Å². The zero-order valence-electron chi connectivity index (χ0n) is 11.6. The maximum atomic E-state index is 11.1. The highest BCUT2D eigenvalue weighted by molar-refractivity contribution is 5.89. The van der Waals surface area contributed by atoms with Crippen molar-refractivity contribution >= 4 is 17.3 Å². The number of nitrogens with zero attached hydrogens (tertiary/aromatic N) is 1. The quantitative estimate of drug-likeness (QED) is 0.844. The normalized spacial score (nSPS) is 10.0. The van der Waals surface area contributed by atoms with Gasteiger partial charge in [0.05, 0.1) is 12.3 Å². The van der Waals surface area contributed by atoms with Crippen LogP contribution in [0.3, 0.4) is 0 Å². The molecule has 0 spiro atoms. The van der Waals surface area contributed by atoms with Gasteiger partial charge in [-0.15, -0.1) is 0 Å². The Hall–Kier alpha value is -1.71. The van der Waals surface area contributed by atoms with Crippen molar-refractivity contribution in [2.45, 2.75) is 27.7 Å². The largest absolute Gasteiger partial charge is 0.492 e. The average molecular weight is 250 g/mol. The number of nitrogens with one attached hydrogen (secondary N) is 1. The van der Waals surface area contributed by atoms with Crippen molar-refractivity contribution in [3.05, 3.63) is 18.2 Å². The molecular weight excluding hydrogens is 228 g/mol. The molecule has 0 heterocycles. The first-order chi connectivity index (χ1) is 8.62. The van der Waals surface area contributed by atoms with E-state index < -0.39 is 0 Å². The van der Waals surface area contributed by atoms with Gasteiger partial charge in [0.1, 0.15) is 5.75 Å². The molecule has 0 atom stereocenters. The number of hydrogen-bond donors (Lipinski definition) is 1. The van der Waals surface area contributed by atoms with Crippen LogP contribution in [0.5, 0.6) is 5.75 Å². The Morgan fingerprint density at radius 2 is 1.94 bits per heavy atom. The van der Waals surface area contributed by atoms with Crippen molar-refractivity contribution in [2.75, 3.05) is 29.9 Å². The lowest BCUT2D eigenvalue weighted by atomic mass is 10.2. The van der Waals surface area contributed by atoms with Crippen LogP contribution < -0.4 is 15.0 Å². The standard InChI is InChI=1S/C14H22N2O2/c1-5-16(6-2)13-10-12(15-11(4)17)8-9-14(13)18-7-3/h8-10H,5-7H2,1-4H3,(H,15,17). The molecule has 0 unspecified atom stereocenters. The molecule has 100 valence electrons. The molecule has 0 radical (unpaired) electrons. The number of hydrogen-bond acceptors (Lipinski definition) is 3. The highest BCUT2D eigenvalue weighted by Crippen LogP contribution is 2.31. The first kappa shape index (κ1) is 14.4. The van der Waals surface area contributed by atoms with Gasteiger partial charge >= 0.3 is 0 Å². The van der Waals surface area contributed by atoms with Crippen LogP contribution in [-0.4, -0.2) is 25.6 Å². The lowest BCUT2D eigenvalue weighted by Gasteiger charge is -2.24. The maximum absolute atomic E-state index is 11.1. The highest BCUT2D eigenvalue weighted by Gasteiger charge is 2.11. The van der Waals surface area contributed by atoms with Gasteiger partial charge in [-0.3, -0.25) is 4.79 Å². The Balaban J connectivity index is 3.09. The van der Waals surface area contributed by atoms with E-state index in [1.165, 1.54) is 6.92 Å². The Morgan fingerprint density at radius 3 is 2.44 bits per heavy atom. The fraction of sp³-hybridized carbons (Fsp3) is 0.500. The van der Waals surface area contributed by atoms with E-state index in [-0.39, 0.29) is 5.91 Å². The van der Waals surface area contributed by atoms with Crippen molar-refractivity contribution in [3.63, 3.8) is 0 Å². The number of carbonyl (C=O) groups excluding carboxylic acids is 1. The first-order valence-corrected chi connectivity index (χ1v) is 6.41. The number of benzene rings is 1. The molecule has 0 fully saturated rings. The zero-order chi connectivity index (χ0) is 13.5. The second-order valence-electron chi connectivity index (χ2n) is 3.97. The van der Waals surface area contributed by atoms with Crippen LogP contribution in [0.25, 0.3) is 0 Å². The summed E-state index contributed by atoms with van der Waals surface area (Å²) in [5, 5.41) is 2.80. The first-order valence-electron chi connectivity index (χ1n) is 6.41. The van der Waals surface area contributed by atoms with Crippen LogP contribution in [0, 0.1) is 0 Å². The van der Waals surface area contributed by atoms with Gasteiger partial charge in [0.2, 0.25) is 5.91 Å². The lowest BCUT2D eigenvalue weighted by molar-refractivity contribution is -0.114. The molecule has 4 nitrogen and oxygen atoms in total. The lowest BCUT2D eigenvalue weighted by Crippen LogP contribution is -2.23. The summed E-state index contributed by atoms with van der Waals surface area (Å²) >= 11 is 0. The van der Waals surface area contributed by atoms with E-state index in [2.05, 4.69) is 24.1 Å². The van der Waals surface area contributed by atoms with Crippen LogP contribution in [0.2, 0.25) is 0 Å². The molecule has 1 aromatic rings. The van der Waals surface area contributed by atoms with Crippen LogP contribution in [0.4, 0.5) is 11.4 Å². The fourth-order valence-electron chi connectivity index (χ4n) is 1.89. The Kier molecular flexibility index (Phi) is 5.49. The van der Waals surface area contributed by atoms with Crippen molar-refractivity contribution in [1.82, 2.24) is 0 Å². The van der Waals surface area contributed by atoms with Crippen LogP contribution in [0.15, 0.2) is 18.2 Å². The molecule has 0 aliphatic heterocycles. The predicted octanol–water partition coefficient (Wildman–Crippen LogP) is 2.89. The molecule has 0 aromatic heterocycles. The summed E-state index contributed by atoms with van der Waals surface area (Å²) in [5.74, 6) is 0.792. The smallest absolute Gasteiger partial charge is 0.221 e. The van der Waals surface area contributed by atoms with Gasteiger partial charge < -0.3 is 15.0 Å². The molecular formula is C14H22N2O2. The van der Waals surface area contributed by atoms with E-state index >= 15 is 0 Å². The Bertz CT molecular complexity index is 401. The van der Waals surface area contributed by atoms with E-state index in [4.69, 9.17) is 4.74 Å². The van der Waals surface area contributed by atoms with Crippen molar-refractivity contribution in [2.24, 2.45) is 0 Å². The summed E-state index contributed by atoms with van der Waals surface area (Å²) in [7, 11) is 0. The van der Waals surface area contributed by atoms with Crippen LogP contribution in [-0.2, 0) is 4.79 Å². The SMILES string of the molecule is CCOc1ccc(NC(C)=O)cc1N(CC)CC. The van der Waals surface area contributed by atoms with Gasteiger partial charge in [-0.25, -0.2) is 0 Å². The molecule has 0 bridgehead atoms. The third kappa shape index (κ3) is 3.65. The minimum absolute atomic E-state index is 0.0651. The Morgan fingerprint density at radius 1 is 1.28 bits per heavy atom. The summed E-state index contributed by atoms with van der Waals surface area (Å²) in [5.41, 5.74) is 1.82. The summed E-state index contributed by atoms with van der Waals surface area (Å²) in [6.45, 7) is 10.1. The van der Waals surface area contributed by atoms with Crippen molar-refractivity contribution < 1.29 is 9.53 Å². The average Bonchev–Trinajstić information content (AvgIpc) is 2.33. The zero-order valence-corrected chi connectivity index (χ0v) is 11.6. The fourth-order valence-corrected chi connectivity index (χ4v) is 1.89. The van der Waals surface area contributed by atoms with Gasteiger partial charge in [-0.1, -0.05) is 0 Å². The molecule has 0 aliphatic rings. The molecule has 1 N–H and O–H groups in total. The molecule has 1 rings (SSSR count). The van der Waals surface area contributed by atoms with Gasteiger partial charge in [-0.05, 0) is 39.0 Å². The molecule has 4 heteroatoms. The third-order valence-electron chi connectivity index (χ3n) is 2.68. The molecule has 0 saturated heterocycles. The van der Waals surface area contributed by atoms with E-state index in [1.54, 1.807) is 0 Å². The summed E-state index contributed by atoms with van der Waals surface area (Å²) in [4.78, 5) is 13.3. The molecule has 18 heavy (non-hydrogen) atoms. The molecule has 1 amide bonds. The monoisotopic (exact) mass is 250 g/mol. The number of amides is 1. The second kappa shape index (κ2) is 6.89. The van der Waals surface area contributed by atoms with Gasteiger partial charge in [0, 0.05) is 25.7 Å². The highest BCUT2D eigenvalue weighted by atomic mass is 16.5. The topological polar surface area (TPSA) is 41.6 Å². The minimum Gasteiger partial charge on any atom is -0.492 e.